The first-order valence-electron chi connectivity index (χ1n) is 4.44. The van der Waals surface area contributed by atoms with E-state index in [4.69, 9.17) is 0 Å². The summed E-state index contributed by atoms with van der Waals surface area (Å²) in [6.07, 6.45) is 2.23. The second kappa shape index (κ2) is 5.47. The van der Waals surface area contributed by atoms with Crippen molar-refractivity contribution in [3.05, 3.63) is 47.0 Å². The minimum absolute atomic E-state index is 0. The van der Waals surface area contributed by atoms with Gasteiger partial charge >= 0.3 is 0 Å². The molecule has 1 nitrogen and oxygen atoms in total. The van der Waals surface area contributed by atoms with Crippen LogP contribution in [0.15, 0.2) is 41.4 Å². The quantitative estimate of drug-likeness (QED) is 0.808. The molecule has 0 aliphatic carbocycles. The number of hydrogen-bond donors (Lipinski definition) is 0. The predicted octanol–water partition coefficient (Wildman–Crippen LogP) is 3.63. The van der Waals surface area contributed by atoms with Crippen LogP contribution < -0.4 is 0 Å². The standard InChI is InChI=1S/C11H13NS.BrH/c1-10-7-12(9-13-10)8-11-5-3-2-4-6-11;/h2-7H,8-9H2,1H3;1H. The van der Waals surface area contributed by atoms with Crippen molar-refractivity contribution in [3.8, 4) is 0 Å². The summed E-state index contributed by atoms with van der Waals surface area (Å²) in [5, 5.41) is 0. The molecule has 1 aromatic carbocycles. The van der Waals surface area contributed by atoms with Crippen LogP contribution in [0.2, 0.25) is 0 Å². The van der Waals surface area contributed by atoms with Gasteiger partial charge in [-0.25, -0.2) is 0 Å². The van der Waals surface area contributed by atoms with Crippen LogP contribution in [0.3, 0.4) is 0 Å². The fourth-order valence-electron chi connectivity index (χ4n) is 1.43. The zero-order chi connectivity index (χ0) is 9.10. The van der Waals surface area contributed by atoms with Crippen LogP contribution in [0.4, 0.5) is 0 Å². The Kier molecular flexibility index (Phi) is 4.55. The van der Waals surface area contributed by atoms with E-state index in [9.17, 15) is 0 Å². The number of thioether (sulfide) groups is 1. The third-order valence-corrected chi connectivity index (χ3v) is 3.07. The van der Waals surface area contributed by atoms with E-state index in [0.29, 0.717) is 0 Å². The summed E-state index contributed by atoms with van der Waals surface area (Å²) in [7, 11) is 0. The summed E-state index contributed by atoms with van der Waals surface area (Å²) in [5.41, 5.74) is 1.38. The SMILES string of the molecule is Br.CC1=CN(Cc2ccccc2)CS1. The molecule has 0 N–H and O–H groups in total. The van der Waals surface area contributed by atoms with Gasteiger partial charge in [-0.3, -0.25) is 0 Å². The molecule has 0 atom stereocenters. The van der Waals surface area contributed by atoms with E-state index < -0.39 is 0 Å². The van der Waals surface area contributed by atoms with Gasteiger partial charge in [-0.2, -0.15) is 0 Å². The average Bonchev–Trinajstić information content (AvgIpc) is 2.53. The van der Waals surface area contributed by atoms with Gasteiger partial charge in [0.1, 0.15) is 0 Å². The maximum Gasteiger partial charge on any atom is 0.0681 e. The molecule has 14 heavy (non-hydrogen) atoms. The molecule has 0 saturated heterocycles. The largest absolute Gasteiger partial charge is 0.363 e. The van der Waals surface area contributed by atoms with Crippen molar-refractivity contribution in [2.75, 3.05) is 5.88 Å². The molecule has 1 aromatic rings. The normalized spacial score (nSPS) is 14.9. The van der Waals surface area contributed by atoms with Crippen molar-refractivity contribution in [2.24, 2.45) is 0 Å². The summed E-state index contributed by atoms with van der Waals surface area (Å²) in [6.45, 7) is 3.20. The highest BCUT2D eigenvalue weighted by Gasteiger charge is 2.08. The molecule has 1 aliphatic heterocycles. The van der Waals surface area contributed by atoms with E-state index in [2.05, 4.69) is 48.4 Å². The second-order valence-electron chi connectivity index (χ2n) is 3.25. The van der Waals surface area contributed by atoms with Gasteiger partial charge in [0.15, 0.2) is 0 Å². The highest BCUT2D eigenvalue weighted by molar-refractivity contribution is 8.93. The van der Waals surface area contributed by atoms with Crippen LogP contribution in [0.5, 0.6) is 0 Å². The lowest BCUT2D eigenvalue weighted by Gasteiger charge is -2.13. The molecule has 0 bridgehead atoms. The molecule has 3 heteroatoms. The number of nitrogens with zero attached hydrogens (tertiary/aromatic N) is 1. The van der Waals surface area contributed by atoms with E-state index in [1.807, 2.05) is 11.8 Å². The molecule has 0 aromatic heterocycles. The first-order valence-corrected chi connectivity index (χ1v) is 5.42. The average molecular weight is 272 g/mol. The van der Waals surface area contributed by atoms with Crippen LogP contribution in [-0.2, 0) is 6.54 Å². The van der Waals surface area contributed by atoms with Crippen molar-refractivity contribution >= 4 is 28.7 Å². The number of hydrogen-bond acceptors (Lipinski definition) is 2. The monoisotopic (exact) mass is 271 g/mol. The number of benzene rings is 1. The molecule has 76 valence electrons. The molecular formula is C11H14BrNS. The minimum Gasteiger partial charge on any atom is -0.363 e. The van der Waals surface area contributed by atoms with Gasteiger partial charge in [-0.05, 0) is 17.4 Å². The molecule has 0 unspecified atom stereocenters. The van der Waals surface area contributed by atoms with Crippen molar-refractivity contribution in [3.63, 3.8) is 0 Å². The van der Waals surface area contributed by atoms with Gasteiger partial charge in [0.05, 0.1) is 5.88 Å². The summed E-state index contributed by atoms with van der Waals surface area (Å²) in [6, 6.07) is 10.6. The predicted molar refractivity (Wildman–Crippen MR) is 68.5 cm³/mol. The maximum atomic E-state index is 2.34. The summed E-state index contributed by atoms with van der Waals surface area (Å²) in [5.74, 6) is 1.10. The van der Waals surface area contributed by atoms with Crippen LogP contribution in [0.1, 0.15) is 12.5 Å². The van der Waals surface area contributed by atoms with Crippen molar-refractivity contribution in [1.29, 1.82) is 0 Å². The highest BCUT2D eigenvalue weighted by atomic mass is 79.9. The van der Waals surface area contributed by atoms with Gasteiger partial charge in [0, 0.05) is 12.7 Å². The molecular weight excluding hydrogens is 258 g/mol. The molecule has 2 rings (SSSR count). The Morgan fingerprint density at radius 1 is 1.29 bits per heavy atom. The fraction of sp³-hybridized carbons (Fsp3) is 0.273. The summed E-state index contributed by atoms with van der Waals surface area (Å²) >= 11 is 1.91. The lowest BCUT2D eigenvalue weighted by molar-refractivity contribution is 0.440. The lowest BCUT2D eigenvalue weighted by atomic mass is 10.2. The van der Waals surface area contributed by atoms with E-state index in [0.717, 1.165) is 12.4 Å². The molecule has 0 radical (unpaired) electrons. The van der Waals surface area contributed by atoms with Gasteiger partial charge in [-0.1, -0.05) is 30.3 Å². The lowest BCUT2D eigenvalue weighted by Crippen LogP contribution is -2.11. The van der Waals surface area contributed by atoms with Crippen LogP contribution in [0.25, 0.3) is 0 Å². The van der Waals surface area contributed by atoms with Crippen molar-refractivity contribution in [2.45, 2.75) is 13.5 Å². The third-order valence-electron chi connectivity index (χ3n) is 2.05. The van der Waals surface area contributed by atoms with Crippen LogP contribution in [-0.4, -0.2) is 10.8 Å². The summed E-state index contributed by atoms with van der Waals surface area (Å²) < 4.78 is 0. The Morgan fingerprint density at radius 3 is 2.57 bits per heavy atom. The molecule has 0 amide bonds. The van der Waals surface area contributed by atoms with Crippen LogP contribution >= 0.6 is 28.7 Å². The maximum absolute atomic E-state index is 2.34. The van der Waals surface area contributed by atoms with Crippen LogP contribution in [0, 0.1) is 0 Å². The topological polar surface area (TPSA) is 3.24 Å². The van der Waals surface area contributed by atoms with E-state index >= 15 is 0 Å². The fourth-order valence-corrected chi connectivity index (χ4v) is 2.18. The van der Waals surface area contributed by atoms with Gasteiger partial charge in [0.25, 0.3) is 0 Å². The first kappa shape index (κ1) is 11.7. The summed E-state index contributed by atoms with van der Waals surface area (Å²) in [4.78, 5) is 3.76. The number of halogens is 1. The number of allylic oxidation sites excluding steroid dienone is 1. The number of rotatable bonds is 2. The molecule has 1 aliphatic rings. The zero-order valence-electron chi connectivity index (χ0n) is 8.14. The van der Waals surface area contributed by atoms with E-state index in [-0.39, 0.29) is 17.0 Å². The molecule has 1 heterocycles. The Hall–Kier alpha value is -0.410. The molecule has 0 spiro atoms. The Morgan fingerprint density at radius 2 is 2.00 bits per heavy atom. The van der Waals surface area contributed by atoms with Gasteiger partial charge in [0.2, 0.25) is 0 Å². The van der Waals surface area contributed by atoms with Gasteiger partial charge < -0.3 is 4.90 Å². The molecule has 0 fully saturated rings. The Bertz CT molecular complexity index is 310. The van der Waals surface area contributed by atoms with Gasteiger partial charge in [-0.15, -0.1) is 28.7 Å². The third kappa shape index (κ3) is 3.07. The van der Waals surface area contributed by atoms with E-state index in [1.165, 1.54) is 10.5 Å². The van der Waals surface area contributed by atoms with E-state index in [1.54, 1.807) is 0 Å². The Balaban J connectivity index is 0.000000980. The zero-order valence-corrected chi connectivity index (χ0v) is 10.7. The molecule has 0 saturated carbocycles. The second-order valence-corrected chi connectivity index (χ2v) is 4.44. The Labute approximate surface area is 100.0 Å². The van der Waals surface area contributed by atoms with Crippen molar-refractivity contribution < 1.29 is 0 Å². The van der Waals surface area contributed by atoms with Crippen molar-refractivity contribution in [1.82, 2.24) is 4.90 Å². The minimum atomic E-state index is 0. The highest BCUT2D eigenvalue weighted by Crippen LogP contribution is 2.25. The smallest absolute Gasteiger partial charge is 0.0681 e. The first-order chi connectivity index (χ1) is 6.34.